The van der Waals surface area contributed by atoms with E-state index in [-0.39, 0.29) is 5.78 Å². The van der Waals surface area contributed by atoms with E-state index < -0.39 is 0 Å². The molecule has 0 saturated carbocycles. The molecule has 1 atom stereocenters. The molecular weight excluding hydrogens is 216 g/mol. The molecule has 17 heavy (non-hydrogen) atoms. The van der Waals surface area contributed by atoms with Crippen LogP contribution >= 0.6 is 0 Å². The van der Waals surface area contributed by atoms with Crippen LogP contribution < -0.4 is 4.74 Å². The molecule has 1 aliphatic rings. The lowest BCUT2D eigenvalue weighted by molar-refractivity contribution is 0.101. The smallest absolute Gasteiger partial charge is 0.213 e. The van der Waals surface area contributed by atoms with Crippen LogP contribution in [0.5, 0.6) is 5.88 Å². The Balaban J connectivity index is 1.94. The van der Waals surface area contributed by atoms with Crippen molar-refractivity contribution in [3.8, 4) is 5.88 Å². The predicted octanol–water partition coefficient (Wildman–Crippen LogP) is 1.76. The first-order valence-electron chi connectivity index (χ1n) is 5.98. The molecule has 1 fully saturated rings. The number of nitrogens with zero attached hydrogens (tertiary/aromatic N) is 2. The molecule has 4 heteroatoms. The number of carbonyl (C=O) groups excluding carboxylic acids is 1. The molecule has 2 heterocycles. The van der Waals surface area contributed by atoms with Gasteiger partial charge in [-0.2, -0.15) is 0 Å². The Morgan fingerprint density at radius 2 is 2.41 bits per heavy atom. The van der Waals surface area contributed by atoms with Gasteiger partial charge in [0.25, 0.3) is 0 Å². The van der Waals surface area contributed by atoms with Gasteiger partial charge in [0.2, 0.25) is 5.88 Å². The SMILES string of the molecule is CC(=O)c1cccc(OCC2CCCN2C)n1. The quantitative estimate of drug-likeness (QED) is 0.744. The number of pyridine rings is 1. The summed E-state index contributed by atoms with van der Waals surface area (Å²) < 4.78 is 5.65. The van der Waals surface area contributed by atoms with E-state index in [0.717, 1.165) is 6.54 Å². The highest BCUT2D eigenvalue weighted by Crippen LogP contribution is 2.16. The normalized spacial score (nSPS) is 20.5. The average molecular weight is 234 g/mol. The van der Waals surface area contributed by atoms with Crippen LogP contribution in [0.25, 0.3) is 0 Å². The van der Waals surface area contributed by atoms with E-state index in [9.17, 15) is 4.79 Å². The van der Waals surface area contributed by atoms with Crippen LogP contribution in [-0.4, -0.2) is 41.9 Å². The van der Waals surface area contributed by atoms with Crippen molar-refractivity contribution in [2.75, 3.05) is 20.2 Å². The maximum absolute atomic E-state index is 11.2. The summed E-state index contributed by atoms with van der Waals surface area (Å²) in [5, 5.41) is 0. The van der Waals surface area contributed by atoms with Crippen molar-refractivity contribution < 1.29 is 9.53 Å². The summed E-state index contributed by atoms with van der Waals surface area (Å²) in [6.45, 7) is 3.29. The number of Topliss-reactive ketones (excluding diaryl/α,β-unsaturated/α-hetero) is 1. The Hall–Kier alpha value is -1.42. The molecule has 0 radical (unpaired) electrons. The second kappa shape index (κ2) is 5.27. The summed E-state index contributed by atoms with van der Waals surface area (Å²) in [6, 6.07) is 5.77. The van der Waals surface area contributed by atoms with Gasteiger partial charge in [-0.25, -0.2) is 4.98 Å². The monoisotopic (exact) mass is 234 g/mol. The highest BCUT2D eigenvalue weighted by atomic mass is 16.5. The molecule has 0 bridgehead atoms. The molecule has 0 aromatic carbocycles. The van der Waals surface area contributed by atoms with Gasteiger partial charge in [0.05, 0.1) is 0 Å². The Morgan fingerprint density at radius 3 is 3.06 bits per heavy atom. The summed E-state index contributed by atoms with van der Waals surface area (Å²) in [5.74, 6) is 0.506. The number of likely N-dealkylation sites (N-methyl/N-ethyl adjacent to an activating group) is 1. The van der Waals surface area contributed by atoms with Crippen molar-refractivity contribution in [3.63, 3.8) is 0 Å². The zero-order valence-corrected chi connectivity index (χ0v) is 10.3. The van der Waals surface area contributed by atoms with Crippen LogP contribution in [0.2, 0.25) is 0 Å². The second-order valence-electron chi connectivity index (χ2n) is 4.50. The third-order valence-corrected chi connectivity index (χ3v) is 3.18. The second-order valence-corrected chi connectivity index (χ2v) is 4.50. The summed E-state index contributed by atoms with van der Waals surface area (Å²) in [4.78, 5) is 17.7. The predicted molar refractivity (Wildman–Crippen MR) is 65.4 cm³/mol. The van der Waals surface area contributed by atoms with E-state index in [2.05, 4.69) is 16.9 Å². The van der Waals surface area contributed by atoms with E-state index >= 15 is 0 Å². The van der Waals surface area contributed by atoms with Gasteiger partial charge in [0.1, 0.15) is 12.3 Å². The largest absolute Gasteiger partial charge is 0.476 e. The Kier molecular flexibility index (Phi) is 3.74. The highest BCUT2D eigenvalue weighted by Gasteiger charge is 2.21. The molecule has 1 aromatic rings. The molecular formula is C13H18N2O2. The fourth-order valence-electron chi connectivity index (χ4n) is 2.06. The average Bonchev–Trinajstić information content (AvgIpc) is 2.72. The van der Waals surface area contributed by atoms with Crippen molar-refractivity contribution >= 4 is 5.78 Å². The van der Waals surface area contributed by atoms with Crippen LogP contribution in [0.15, 0.2) is 18.2 Å². The topological polar surface area (TPSA) is 42.4 Å². The van der Waals surface area contributed by atoms with Gasteiger partial charge in [0, 0.05) is 19.0 Å². The van der Waals surface area contributed by atoms with Crippen molar-refractivity contribution in [3.05, 3.63) is 23.9 Å². The fraction of sp³-hybridized carbons (Fsp3) is 0.538. The maximum Gasteiger partial charge on any atom is 0.213 e. The minimum absolute atomic E-state index is 0.0339. The number of ketones is 1. The van der Waals surface area contributed by atoms with Gasteiger partial charge in [-0.3, -0.25) is 4.79 Å². The van der Waals surface area contributed by atoms with Gasteiger partial charge < -0.3 is 9.64 Å². The highest BCUT2D eigenvalue weighted by molar-refractivity contribution is 5.92. The van der Waals surface area contributed by atoms with Crippen molar-refractivity contribution in [2.45, 2.75) is 25.8 Å². The van der Waals surface area contributed by atoms with Gasteiger partial charge in [-0.1, -0.05) is 6.07 Å². The number of hydrogen-bond acceptors (Lipinski definition) is 4. The molecule has 2 rings (SSSR count). The third kappa shape index (κ3) is 3.03. The van der Waals surface area contributed by atoms with Gasteiger partial charge in [0.15, 0.2) is 5.78 Å². The van der Waals surface area contributed by atoms with Crippen LogP contribution in [0, 0.1) is 0 Å². The molecule has 0 N–H and O–H groups in total. The first-order valence-corrected chi connectivity index (χ1v) is 5.98. The molecule has 1 aliphatic heterocycles. The number of aromatic nitrogens is 1. The van der Waals surface area contributed by atoms with E-state index in [4.69, 9.17) is 4.74 Å². The third-order valence-electron chi connectivity index (χ3n) is 3.18. The summed E-state index contributed by atoms with van der Waals surface area (Å²) >= 11 is 0. The number of hydrogen-bond donors (Lipinski definition) is 0. The van der Waals surface area contributed by atoms with Gasteiger partial charge >= 0.3 is 0 Å². The lowest BCUT2D eigenvalue weighted by atomic mass is 10.2. The van der Waals surface area contributed by atoms with E-state index in [1.165, 1.54) is 19.8 Å². The maximum atomic E-state index is 11.2. The Bertz CT molecular complexity index is 406. The number of carbonyl (C=O) groups is 1. The first-order chi connectivity index (χ1) is 8.16. The van der Waals surface area contributed by atoms with Crippen LogP contribution in [0.3, 0.4) is 0 Å². The molecule has 1 aromatic heterocycles. The summed E-state index contributed by atoms with van der Waals surface area (Å²) in [5.41, 5.74) is 0.460. The fourth-order valence-corrected chi connectivity index (χ4v) is 2.06. The summed E-state index contributed by atoms with van der Waals surface area (Å²) in [7, 11) is 2.11. The Labute approximate surface area is 102 Å². The Morgan fingerprint density at radius 1 is 1.59 bits per heavy atom. The van der Waals surface area contributed by atoms with Crippen molar-refractivity contribution in [1.29, 1.82) is 0 Å². The standard InChI is InChI=1S/C13H18N2O2/c1-10(16)12-6-3-7-13(14-12)17-9-11-5-4-8-15(11)2/h3,6-7,11H,4-5,8-9H2,1-2H3. The van der Waals surface area contributed by atoms with Crippen LogP contribution in [-0.2, 0) is 0 Å². The van der Waals surface area contributed by atoms with E-state index in [0.29, 0.717) is 24.2 Å². The zero-order chi connectivity index (χ0) is 12.3. The van der Waals surface area contributed by atoms with Gasteiger partial charge in [-0.15, -0.1) is 0 Å². The number of rotatable bonds is 4. The lowest BCUT2D eigenvalue weighted by Crippen LogP contribution is -2.30. The summed E-state index contributed by atoms with van der Waals surface area (Å²) in [6.07, 6.45) is 2.40. The van der Waals surface area contributed by atoms with E-state index in [1.54, 1.807) is 18.2 Å². The van der Waals surface area contributed by atoms with Crippen LogP contribution in [0.1, 0.15) is 30.3 Å². The molecule has 0 aliphatic carbocycles. The zero-order valence-electron chi connectivity index (χ0n) is 10.3. The van der Waals surface area contributed by atoms with Crippen molar-refractivity contribution in [1.82, 2.24) is 9.88 Å². The molecule has 1 unspecified atom stereocenters. The minimum Gasteiger partial charge on any atom is -0.476 e. The van der Waals surface area contributed by atoms with Crippen molar-refractivity contribution in [2.24, 2.45) is 0 Å². The van der Waals surface area contributed by atoms with Crippen LogP contribution in [0.4, 0.5) is 0 Å². The van der Waals surface area contributed by atoms with E-state index in [1.807, 2.05) is 0 Å². The minimum atomic E-state index is -0.0339. The first kappa shape index (κ1) is 12.0. The molecule has 4 nitrogen and oxygen atoms in total. The van der Waals surface area contributed by atoms with Gasteiger partial charge in [-0.05, 0) is 32.5 Å². The lowest BCUT2D eigenvalue weighted by Gasteiger charge is -2.19. The molecule has 0 spiro atoms. The number of ether oxygens (including phenoxy) is 1. The molecule has 92 valence electrons. The molecule has 1 saturated heterocycles. The molecule has 0 amide bonds. The number of likely N-dealkylation sites (tertiary alicyclic amines) is 1.